The van der Waals surface area contributed by atoms with Crippen molar-refractivity contribution in [1.29, 1.82) is 0 Å². The van der Waals surface area contributed by atoms with Crippen molar-refractivity contribution >= 4 is 33.2 Å². The van der Waals surface area contributed by atoms with Gasteiger partial charge in [-0.25, -0.2) is 17.9 Å². The van der Waals surface area contributed by atoms with E-state index in [1.165, 1.54) is 27.0 Å². The third kappa shape index (κ3) is 3.95. The van der Waals surface area contributed by atoms with Gasteiger partial charge in [-0.05, 0) is 19.9 Å². The van der Waals surface area contributed by atoms with E-state index in [-0.39, 0.29) is 53.1 Å². The van der Waals surface area contributed by atoms with Gasteiger partial charge >= 0.3 is 6.18 Å². The number of fused-ring (bicyclic) bond motifs is 1. The summed E-state index contributed by atoms with van der Waals surface area (Å²) in [4.78, 5) is 18.4. The molecule has 0 radical (unpaired) electrons. The summed E-state index contributed by atoms with van der Waals surface area (Å²) in [5.74, 6) is -0.703. The van der Waals surface area contributed by atoms with Crippen molar-refractivity contribution in [3.05, 3.63) is 40.1 Å². The molecule has 1 fully saturated rings. The first kappa shape index (κ1) is 23.4. The van der Waals surface area contributed by atoms with Crippen molar-refractivity contribution in [3.63, 3.8) is 0 Å². The number of carbonyl (C=O) groups is 1. The summed E-state index contributed by atoms with van der Waals surface area (Å²) in [5.41, 5.74) is -1.21. The van der Waals surface area contributed by atoms with Crippen LogP contribution in [-0.4, -0.2) is 74.1 Å². The number of aromatic nitrogens is 5. The van der Waals surface area contributed by atoms with Crippen LogP contribution in [0, 0.1) is 13.8 Å². The van der Waals surface area contributed by atoms with Gasteiger partial charge in [0.2, 0.25) is 10.0 Å². The second-order valence-electron chi connectivity index (χ2n) is 7.59. The van der Waals surface area contributed by atoms with Crippen LogP contribution in [0.15, 0.2) is 17.2 Å². The van der Waals surface area contributed by atoms with E-state index in [4.69, 9.17) is 11.6 Å². The topological polar surface area (TPSA) is 106 Å². The maximum absolute atomic E-state index is 13.4. The Balaban J connectivity index is 1.58. The lowest BCUT2D eigenvalue weighted by molar-refractivity contribution is -0.142. The molecule has 0 saturated carbocycles. The number of piperazine rings is 1. The van der Waals surface area contributed by atoms with Crippen molar-refractivity contribution in [2.24, 2.45) is 7.05 Å². The van der Waals surface area contributed by atoms with E-state index in [0.717, 1.165) is 6.07 Å². The smallest absolute Gasteiger partial charge is 0.335 e. The Hall–Kier alpha value is -2.71. The first-order chi connectivity index (χ1) is 15.3. The summed E-state index contributed by atoms with van der Waals surface area (Å²) < 4.78 is 69.3. The molecular formula is C18H19ClF3N7O3S. The Bertz CT molecular complexity index is 1360. The number of hydrogen-bond acceptors (Lipinski definition) is 6. The van der Waals surface area contributed by atoms with Gasteiger partial charge < -0.3 is 4.90 Å². The van der Waals surface area contributed by atoms with Crippen LogP contribution in [0.4, 0.5) is 13.2 Å². The van der Waals surface area contributed by atoms with E-state index in [1.54, 1.807) is 14.0 Å². The normalized spacial score (nSPS) is 16.0. The summed E-state index contributed by atoms with van der Waals surface area (Å²) in [7, 11) is -2.18. The Kier molecular flexibility index (Phi) is 5.65. The lowest BCUT2D eigenvalue weighted by Gasteiger charge is -2.33. The van der Waals surface area contributed by atoms with Gasteiger partial charge in [0.05, 0.1) is 11.9 Å². The highest BCUT2D eigenvalue weighted by Crippen LogP contribution is 2.32. The Labute approximate surface area is 191 Å². The van der Waals surface area contributed by atoms with Crippen LogP contribution in [0.3, 0.4) is 0 Å². The highest BCUT2D eigenvalue weighted by Gasteiger charge is 2.38. The van der Waals surface area contributed by atoms with E-state index in [1.807, 2.05) is 0 Å². The molecule has 3 aromatic rings. The molecule has 0 N–H and O–H groups in total. The molecule has 33 heavy (non-hydrogen) atoms. The number of carbonyl (C=O) groups excluding carboxylic acids is 1. The molecule has 0 spiro atoms. The highest BCUT2D eigenvalue weighted by atomic mass is 35.5. The van der Waals surface area contributed by atoms with Crippen molar-refractivity contribution in [2.45, 2.75) is 24.9 Å². The predicted molar refractivity (Wildman–Crippen MR) is 110 cm³/mol. The lowest BCUT2D eigenvalue weighted by Crippen LogP contribution is -2.50. The fourth-order valence-corrected chi connectivity index (χ4v) is 5.45. The highest BCUT2D eigenvalue weighted by molar-refractivity contribution is 7.89. The van der Waals surface area contributed by atoms with Crippen molar-refractivity contribution in [3.8, 4) is 0 Å². The molecule has 0 aromatic carbocycles. The summed E-state index contributed by atoms with van der Waals surface area (Å²) in [6, 6.07) is 0.814. The van der Waals surface area contributed by atoms with Crippen LogP contribution in [0.1, 0.15) is 27.6 Å². The molecule has 1 amide bonds. The Morgan fingerprint density at radius 1 is 1.15 bits per heavy atom. The number of rotatable bonds is 3. The molecule has 1 aliphatic heterocycles. The molecule has 0 bridgehead atoms. The van der Waals surface area contributed by atoms with Gasteiger partial charge in [0.1, 0.15) is 15.6 Å². The van der Waals surface area contributed by atoms with Gasteiger partial charge in [0.15, 0.2) is 11.3 Å². The third-order valence-corrected chi connectivity index (χ3v) is 7.84. The van der Waals surface area contributed by atoms with Crippen molar-refractivity contribution in [1.82, 2.24) is 33.6 Å². The molecule has 10 nitrogen and oxygen atoms in total. The van der Waals surface area contributed by atoms with Crippen molar-refractivity contribution in [2.75, 3.05) is 26.2 Å². The van der Waals surface area contributed by atoms with E-state index in [0.29, 0.717) is 10.2 Å². The Morgan fingerprint density at radius 3 is 2.33 bits per heavy atom. The van der Waals surface area contributed by atoms with Gasteiger partial charge in [-0.15, -0.1) is 0 Å². The number of nitrogens with zero attached hydrogens (tertiary/aromatic N) is 7. The minimum atomic E-state index is -4.73. The number of alkyl halides is 3. The standard InChI is InChI=1S/C18H19ClF3N7O3S/c1-10-8-13(18(20,21)22)29-16(24-10)14(19)15(25-29)17(30)27-4-6-28(7-5-27)33(31,32)12-9-23-26(3)11(12)2/h8-9H,4-7H2,1-3H3. The first-order valence-electron chi connectivity index (χ1n) is 9.73. The number of aryl methyl sites for hydroxylation is 2. The van der Waals surface area contributed by atoms with E-state index in [9.17, 15) is 26.4 Å². The van der Waals surface area contributed by atoms with Crippen LogP contribution in [-0.2, 0) is 23.2 Å². The summed E-state index contributed by atoms with van der Waals surface area (Å²) in [6.45, 7) is 3.04. The van der Waals surface area contributed by atoms with E-state index in [2.05, 4.69) is 15.2 Å². The minimum Gasteiger partial charge on any atom is -0.335 e. The van der Waals surface area contributed by atoms with Crippen LogP contribution in [0.2, 0.25) is 5.02 Å². The lowest BCUT2D eigenvalue weighted by atomic mass is 10.3. The molecule has 1 saturated heterocycles. The number of halogens is 4. The SMILES string of the molecule is Cc1cc(C(F)(F)F)n2nc(C(=O)N3CCN(S(=O)(=O)c4cnn(C)c4C)CC3)c(Cl)c2n1. The number of hydrogen-bond donors (Lipinski definition) is 0. The van der Waals surface area contributed by atoms with Gasteiger partial charge in [-0.2, -0.15) is 27.7 Å². The number of sulfonamides is 1. The second kappa shape index (κ2) is 7.95. The van der Waals surface area contributed by atoms with Crippen molar-refractivity contribution < 1.29 is 26.4 Å². The monoisotopic (exact) mass is 505 g/mol. The largest absolute Gasteiger partial charge is 0.433 e. The van der Waals surface area contributed by atoms with Gasteiger partial charge in [-0.3, -0.25) is 9.48 Å². The summed E-state index contributed by atoms with van der Waals surface area (Å²) in [6.07, 6.45) is -3.46. The molecule has 15 heteroatoms. The third-order valence-electron chi connectivity index (χ3n) is 5.49. The molecule has 4 heterocycles. The first-order valence-corrected chi connectivity index (χ1v) is 11.5. The average Bonchev–Trinajstić information content (AvgIpc) is 3.26. The quantitative estimate of drug-likeness (QED) is 0.538. The maximum atomic E-state index is 13.4. The molecule has 0 aliphatic carbocycles. The summed E-state index contributed by atoms with van der Waals surface area (Å²) in [5, 5.41) is 7.45. The fourth-order valence-electron chi connectivity index (χ4n) is 3.60. The average molecular weight is 506 g/mol. The second-order valence-corrected chi connectivity index (χ2v) is 9.88. The van der Waals surface area contributed by atoms with Crippen LogP contribution < -0.4 is 0 Å². The van der Waals surface area contributed by atoms with Gasteiger partial charge in [-0.1, -0.05) is 11.6 Å². The Morgan fingerprint density at radius 2 is 1.79 bits per heavy atom. The molecule has 4 rings (SSSR count). The molecule has 1 aliphatic rings. The molecule has 3 aromatic heterocycles. The fraction of sp³-hybridized carbons (Fsp3) is 0.444. The van der Waals surface area contributed by atoms with E-state index < -0.39 is 27.8 Å². The van der Waals surface area contributed by atoms with Gasteiger partial charge in [0.25, 0.3) is 5.91 Å². The predicted octanol–water partition coefficient (Wildman–Crippen LogP) is 1.90. The maximum Gasteiger partial charge on any atom is 0.433 e. The zero-order valence-corrected chi connectivity index (χ0v) is 19.3. The van der Waals surface area contributed by atoms with Gasteiger partial charge in [0, 0.05) is 38.9 Å². The molecule has 0 atom stereocenters. The van der Waals surface area contributed by atoms with Crippen LogP contribution in [0.5, 0.6) is 0 Å². The number of amides is 1. The van der Waals surface area contributed by atoms with Crippen LogP contribution in [0.25, 0.3) is 5.65 Å². The molecule has 178 valence electrons. The minimum absolute atomic E-state index is 0.00143. The molecule has 0 unspecified atom stereocenters. The molecular weight excluding hydrogens is 487 g/mol. The van der Waals surface area contributed by atoms with Crippen LogP contribution >= 0.6 is 11.6 Å². The zero-order chi connectivity index (χ0) is 24.3. The van der Waals surface area contributed by atoms with E-state index >= 15 is 0 Å². The zero-order valence-electron chi connectivity index (χ0n) is 17.8. The summed E-state index contributed by atoms with van der Waals surface area (Å²) >= 11 is 6.19.